The first-order valence-corrected chi connectivity index (χ1v) is 10.3. The molecular weight excluding hydrogens is 336 g/mol. The molecule has 144 valence electrons. The van der Waals surface area contributed by atoms with Crippen molar-refractivity contribution in [3.63, 3.8) is 0 Å². The van der Waals surface area contributed by atoms with E-state index in [1.807, 2.05) is 37.1 Å². The van der Waals surface area contributed by atoms with Gasteiger partial charge in [-0.05, 0) is 37.8 Å². The van der Waals surface area contributed by atoms with Crippen LogP contribution >= 0.6 is 0 Å². The largest absolute Gasteiger partial charge is 0.342 e. The molecule has 1 aromatic carbocycles. The summed E-state index contributed by atoms with van der Waals surface area (Å²) in [6.45, 7) is 2.76. The monoisotopic (exact) mass is 366 g/mol. The van der Waals surface area contributed by atoms with Gasteiger partial charge in [-0.15, -0.1) is 0 Å². The number of nitrogens with zero attached hydrogens (tertiary/aromatic N) is 2. The maximum Gasteiger partial charge on any atom is 0.227 e. The fourth-order valence-electron chi connectivity index (χ4n) is 5.29. The molecule has 27 heavy (non-hydrogen) atoms. The summed E-state index contributed by atoms with van der Waals surface area (Å²) < 4.78 is 0. The smallest absolute Gasteiger partial charge is 0.227 e. The van der Waals surface area contributed by atoms with Crippen molar-refractivity contribution in [1.29, 1.82) is 0 Å². The number of hydrogen-bond donors (Lipinski definition) is 0. The Kier molecular flexibility index (Phi) is 5.18. The number of amides is 1. The predicted octanol–water partition coefficient (Wildman–Crippen LogP) is 3.57. The molecule has 3 aliphatic rings. The average Bonchev–Trinajstić information content (AvgIpc) is 3.00. The summed E-state index contributed by atoms with van der Waals surface area (Å²) in [6, 6.07) is 10.5. The molecule has 2 bridgehead atoms. The van der Waals surface area contributed by atoms with Crippen LogP contribution in [-0.4, -0.2) is 46.7 Å². The second-order valence-corrected chi connectivity index (χ2v) is 8.49. The lowest BCUT2D eigenvalue weighted by atomic mass is 9.91. The fraction of sp³-hybridized carbons (Fsp3) is 0.565. The minimum Gasteiger partial charge on any atom is -0.342 e. The van der Waals surface area contributed by atoms with Crippen LogP contribution in [-0.2, 0) is 16.1 Å². The van der Waals surface area contributed by atoms with Gasteiger partial charge in [-0.2, -0.15) is 0 Å². The van der Waals surface area contributed by atoms with E-state index in [1.54, 1.807) is 6.08 Å². The van der Waals surface area contributed by atoms with Crippen molar-refractivity contribution in [3.8, 4) is 0 Å². The van der Waals surface area contributed by atoms with Crippen molar-refractivity contribution in [2.24, 2.45) is 5.92 Å². The first kappa shape index (κ1) is 18.4. The Morgan fingerprint density at radius 1 is 1.15 bits per heavy atom. The van der Waals surface area contributed by atoms with Crippen molar-refractivity contribution in [2.75, 3.05) is 7.05 Å². The third-order valence-corrected chi connectivity index (χ3v) is 6.80. The van der Waals surface area contributed by atoms with E-state index in [4.69, 9.17) is 0 Å². The summed E-state index contributed by atoms with van der Waals surface area (Å²) in [5.74, 6) is 0.0586. The Bertz CT molecular complexity index is 736. The summed E-state index contributed by atoms with van der Waals surface area (Å²) in [7, 11) is 1.95. The van der Waals surface area contributed by atoms with Gasteiger partial charge < -0.3 is 4.90 Å². The molecule has 1 aromatic rings. The molecule has 1 aliphatic carbocycles. The number of ketones is 1. The zero-order chi connectivity index (χ0) is 19.0. The standard InChI is InChI=1S/C23H30N2O2/c1-16-13-21(26)22-19(23(27)24(2)18-11-7-4-8-12-18)14-20(16)25(22)15-17-9-5-3-6-10-17/h3,5-6,9-10,13,18-20,22H,4,7-8,11-12,14-15H2,1-2H3/t19?,20-,22+/m1/s1. The maximum absolute atomic E-state index is 13.4. The van der Waals surface area contributed by atoms with Gasteiger partial charge >= 0.3 is 0 Å². The lowest BCUT2D eigenvalue weighted by Crippen LogP contribution is -2.49. The molecular formula is C23H30N2O2. The Labute approximate surface area is 162 Å². The normalized spacial score (nSPS) is 28.9. The van der Waals surface area contributed by atoms with Gasteiger partial charge in [-0.3, -0.25) is 14.5 Å². The molecule has 2 fully saturated rings. The average molecular weight is 367 g/mol. The van der Waals surface area contributed by atoms with Crippen LogP contribution in [0.3, 0.4) is 0 Å². The Morgan fingerprint density at radius 2 is 1.85 bits per heavy atom. The summed E-state index contributed by atoms with van der Waals surface area (Å²) in [5.41, 5.74) is 2.30. The molecule has 1 amide bonds. The van der Waals surface area contributed by atoms with Crippen LogP contribution < -0.4 is 0 Å². The zero-order valence-electron chi connectivity index (χ0n) is 16.4. The number of rotatable bonds is 4. The van der Waals surface area contributed by atoms with Crippen LogP contribution in [0.4, 0.5) is 0 Å². The van der Waals surface area contributed by atoms with Crippen LogP contribution in [0, 0.1) is 5.92 Å². The molecule has 4 rings (SSSR count). The van der Waals surface area contributed by atoms with Crippen LogP contribution in [0.15, 0.2) is 42.0 Å². The quantitative estimate of drug-likeness (QED) is 0.818. The van der Waals surface area contributed by atoms with Gasteiger partial charge in [-0.25, -0.2) is 0 Å². The summed E-state index contributed by atoms with van der Waals surface area (Å²) in [4.78, 5) is 30.5. The molecule has 0 radical (unpaired) electrons. The highest BCUT2D eigenvalue weighted by Gasteiger charge is 2.51. The van der Waals surface area contributed by atoms with Crippen molar-refractivity contribution >= 4 is 11.7 Å². The highest BCUT2D eigenvalue weighted by atomic mass is 16.2. The van der Waals surface area contributed by atoms with E-state index in [-0.39, 0.29) is 29.7 Å². The molecule has 3 atom stereocenters. The van der Waals surface area contributed by atoms with Crippen LogP contribution in [0.25, 0.3) is 0 Å². The van der Waals surface area contributed by atoms with E-state index in [2.05, 4.69) is 17.0 Å². The van der Waals surface area contributed by atoms with Crippen LogP contribution in [0.2, 0.25) is 0 Å². The molecule has 4 nitrogen and oxygen atoms in total. The molecule has 0 N–H and O–H groups in total. The minimum atomic E-state index is -0.308. The van der Waals surface area contributed by atoms with Crippen LogP contribution in [0.5, 0.6) is 0 Å². The Balaban J connectivity index is 1.56. The summed E-state index contributed by atoms with van der Waals surface area (Å²) >= 11 is 0. The number of benzene rings is 1. The number of hydrogen-bond acceptors (Lipinski definition) is 3. The SMILES string of the molecule is CC1=CC(=O)[C@@H]2C(C(=O)N(C)C3CCCCC3)C[C@H]1N2Cc1ccccc1. The van der Waals surface area contributed by atoms with Gasteiger partial charge in [-0.1, -0.05) is 55.2 Å². The van der Waals surface area contributed by atoms with Gasteiger partial charge in [0.05, 0.1) is 12.0 Å². The molecule has 0 spiro atoms. The Morgan fingerprint density at radius 3 is 2.56 bits per heavy atom. The molecule has 2 heterocycles. The van der Waals surface area contributed by atoms with E-state index in [0.29, 0.717) is 6.04 Å². The minimum absolute atomic E-state index is 0.104. The Hall–Kier alpha value is -1.94. The maximum atomic E-state index is 13.4. The van der Waals surface area contributed by atoms with Crippen molar-refractivity contribution in [3.05, 3.63) is 47.5 Å². The molecule has 0 aromatic heterocycles. The van der Waals surface area contributed by atoms with Gasteiger partial charge in [0.2, 0.25) is 5.91 Å². The van der Waals surface area contributed by atoms with E-state index in [0.717, 1.165) is 31.4 Å². The van der Waals surface area contributed by atoms with Crippen LogP contribution in [0.1, 0.15) is 51.0 Å². The third kappa shape index (κ3) is 3.47. The molecule has 2 aliphatic heterocycles. The second kappa shape index (κ2) is 7.59. The van der Waals surface area contributed by atoms with Gasteiger partial charge in [0.1, 0.15) is 0 Å². The molecule has 1 saturated heterocycles. The summed E-state index contributed by atoms with van der Waals surface area (Å²) in [5, 5.41) is 0. The van der Waals surface area contributed by atoms with Crippen molar-refractivity contribution in [2.45, 2.75) is 70.1 Å². The highest BCUT2D eigenvalue weighted by molar-refractivity contribution is 6.00. The van der Waals surface area contributed by atoms with Gasteiger partial charge in [0, 0.05) is 25.7 Å². The van der Waals surface area contributed by atoms with E-state index >= 15 is 0 Å². The number of carbonyl (C=O) groups excluding carboxylic acids is 2. The number of fused-ring (bicyclic) bond motifs is 2. The molecule has 1 saturated carbocycles. The fourth-order valence-corrected chi connectivity index (χ4v) is 5.29. The van der Waals surface area contributed by atoms with Crippen molar-refractivity contribution < 1.29 is 9.59 Å². The topological polar surface area (TPSA) is 40.6 Å². The van der Waals surface area contributed by atoms with Gasteiger partial charge in [0.25, 0.3) is 0 Å². The van der Waals surface area contributed by atoms with Gasteiger partial charge in [0.15, 0.2) is 5.78 Å². The van der Waals surface area contributed by atoms with E-state index in [9.17, 15) is 9.59 Å². The predicted molar refractivity (Wildman–Crippen MR) is 106 cm³/mol. The first-order chi connectivity index (χ1) is 13.1. The van der Waals surface area contributed by atoms with E-state index in [1.165, 1.54) is 24.8 Å². The van der Waals surface area contributed by atoms with Crippen molar-refractivity contribution in [1.82, 2.24) is 9.80 Å². The molecule has 4 heteroatoms. The zero-order valence-corrected chi connectivity index (χ0v) is 16.4. The molecule has 1 unspecified atom stereocenters. The number of carbonyl (C=O) groups is 2. The third-order valence-electron chi connectivity index (χ3n) is 6.80. The second-order valence-electron chi connectivity index (χ2n) is 8.49. The first-order valence-electron chi connectivity index (χ1n) is 10.3. The van der Waals surface area contributed by atoms with E-state index < -0.39 is 0 Å². The summed E-state index contributed by atoms with van der Waals surface area (Å²) in [6.07, 6.45) is 8.44. The highest BCUT2D eigenvalue weighted by Crippen LogP contribution is 2.40. The lowest BCUT2D eigenvalue weighted by molar-refractivity contribution is -0.140. The lowest BCUT2D eigenvalue weighted by Gasteiger charge is -2.36.